The number of nitrogens with zero attached hydrogens (tertiary/aromatic N) is 6. The number of carbonyl (C=O) groups is 1. The molecule has 2 fully saturated rings. The summed E-state index contributed by atoms with van der Waals surface area (Å²) in [6.07, 6.45) is 8.58. The Kier molecular flexibility index (Phi) is 6.44. The second-order valence-corrected chi connectivity index (χ2v) is 9.26. The molecule has 0 bridgehead atoms. The summed E-state index contributed by atoms with van der Waals surface area (Å²) in [6, 6.07) is 7.73. The van der Waals surface area contributed by atoms with Crippen molar-refractivity contribution in [2.24, 2.45) is 11.8 Å². The first-order valence-corrected chi connectivity index (χ1v) is 11.9. The van der Waals surface area contributed by atoms with Crippen molar-refractivity contribution in [2.45, 2.75) is 32.2 Å². The van der Waals surface area contributed by atoms with Crippen molar-refractivity contribution in [3.8, 4) is 0 Å². The Bertz CT molecular complexity index is 1170. The molecule has 3 aromatic rings. The Labute approximate surface area is 198 Å². The van der Waals surface area contributed by atoms with E-state index < -0.39 is 0 Å². The van der Waals surface area contributed by atoms with E-state index in [1.54, 1.807) is 18.6 Å². The van der Waals surface area contributed by atoms with Crippen LogP contribution in [0.4, 0.5) is 5.95 Å². The van der Waals surface area contributed by atoms with Crippen LogP contribution in [0.5, 0.6) is 0 Å². The van der Waals surface area contributed by atoms with Crippen LogP contribution in [0, 0.1) is 17.2 Å². The molecular weight excluding hydrogens is 428 g/mol. The predicted molar refractivity (Wildman–Crippen MR) is 130 cm³/mol. The first kappa shape index (κ1) is 22.3. The summed E-state index contributed by atoms with van der Waals surface area (Å²) in [5, 5.41) is 8.67. The molecule has 0 aliphatic carbocycles. The quantitative estimate of drug-likeness (QED) is 0.563. The number of fused-ring (bicyclic) bond motifs is 1. The van der Waals surface area contributed by atoms with Crippen molar-refractivity contribution in [1.29, 1.82) is 5.41 Å². The van der Waals surface area contributed by atoms with Crippen molar-refractivity contribution < 1.29 is 4.79 Å². The third-order valence-electron chi connectivity index (χ3n) is 7.01. The van der Waals surface area contributed by atoms with Crippen LogP contribution in [-0.2, 0) is 11.3 Å². The van der Waals surface area contributed by atoms with Crippen LogP contribution < -0.4 is 5.73 Å². The molecule has 2 saturated heterocycles. The highest BCUT2D eigenvalue weighted by Gasteiger charge is 2.32. The van der Waals surface area contributed by atoms with Gasteiger partial charge in [-0.2, -0.15) is 0 Å². The van der Waals surface area contributed by atoms with Crippen LogP contribution in [0.25, 0.3) is 11.0 Å². The van der Waals surface area contributed by atoms with E-state index in [0.29, 0.717) is 24.5 Å². The van der Waals surface area contributed by atoms with E-state index in [4.69, 9.17) is 11.1 Å². The molecule has 0 spiro atoms. The first-order valence-electron chi connectivity index (χ1n) is 11.9. The summed E-state index contributed by atoms with van der Waals surface area (Å²) in [5.41, 5.74) is 9.43. The lowest BCUT2D eigenvalue weighted by Gasteiger charge is -2.37. The molecule has 9 nitrogen and oxygen atoms in total. The SMILES string of the molecule is N=C(c1cnc2ccccc2n1)C1CCN(C(=O)C2CCN(Cc3cnc(N)nc3)CC2)CC1. The first-order chi connectivity index (χ1) is 16.6. The number of nitrogen functional groups attached to an aromatic ring is 1. The lowest BCUT2D eigenvalue weighted by atomic mass is 9.88. The minimum absolute atomic E-state index is 0.0845. The van der Waals surface area contributed by atoms with E-state index in [1.807, 2.05) is 29.2 Å². The van der Waals surface area contributed by atoms with Gasteiger partial charge in [-0.15, -0.1) is 0 Å². The fourth-order valence-corrected chi connectivity index (χ4v) is 4.99. The van der Waals surface area contributed by atoms with Crippen molar-refractivity contribution >= 4 is 28.6 Å². The maximum absolute atomic E-state index is 13.1. The minimum atomic E-state index is 0.0845. The van der Waals surface area contributed by atoms with Gasteiger partial charge in [-0.1, -0.05) is 12.1 Å². The van der Waals surface area contributed by atoms with Gasteiger partial charge in [0.1, 0.15) is 5.69 Å². The van der Waals surface area contributed by atoms with Gasteiger partial charge >= 0.3 is 0 Å². The summed E-state index contributed by atoms with van der Waals surface area (Å²) >= 11 is 0. The molecule has 9 heteroatoms. The van der Waals surface area contributed by atoms with E-state index in [2.05, 4.69) is 24.8 Å². The average Bonchev–Trinajstić information content (AvgIpc) is 2.89. The Balaban J connectivity index is 1.11. The lowest BCUT2D eigenvalue weighted by Crippen LogP contribution is -2.46. The fourth-order valence-electron chi connectivity index (χ4n) is 4.99. The second-order valence-electron chi connectivity index (χ2n) is 9.26. The van der Waals surface area contributed by atoms with Gasteiger partial charge in [-0.25, -0.2) is 15.0 Å². The summed E-state index contributed by atoms with van der Waals surface area (Å²) in [7, 11) is 0. The zero-order chi connectivity index (χ0) is 23.5. The van der Waals surface area contributed by atoms with E-state index in [0.717, 1.165) is 61.9 Å². The largest absolute Gasteiger partial charge is 0.368 e. The second kappa shape index (κ2) is 9.80. The van der Waals surface area contributed by atoms with Gasteiger partial charge in [0, 0.05) is 49.4 Å². The summed E-state index contributed by atoms with van der Waals surface area (Å²) in [4.78, 5) is 34.7. The van der Waals surface area contributed by atoms with Crippen molar-refractivity contribution in [3.05, 3.63) is 54.1 Å². The molecular formula is C25H30N8O. The van der Waals surface area contributed by atoms with Crippen LogP contribution >= 0.6 is 0 Å². The number of nitrogens with one attached hydrogen (secondary N) is 1. The van der Waals surface area contributed by atoms with Crippen LogP contribution in [0.15, 0.2) is 42.9 Å². The fraction of sp³-hybridized carbons (Fsp3) is 0.440. The Hall–Kier alpha value is -3.46. The normalized spacial score (nSPS) is 18.3. The highest BCUT2D eigenvalue weighted by Crippen LogP contribution is 2.26. The number of likely N-dealkylation sites (tertiary alicyclic amines) is 2. The maximum Gasteiger partial charge on any atom is 0.225 e. The van der Waals surface area contributed by atoms with Gasteiger partial charge in [0.15, 0.2) is 0 Å². The van der Waals surface area contributed by atoms with Gasteiger partial charge in [0.05, 0.1) is 22.9 Å². The number of hydrogen-bond acceptors (Lipinski definition) is 8. The number of rotatable bonds is 5. The molecule has 0 unspecified atom stereocenters. The molecule has 5 rings (SSSR count). The van der Waals surface area contributed by atoms with Gasteiger partial charge in [0.2, 0.25) is 11.9 Å². The van der Waals surface area contributed by atoms with Gasteiger partial charge in [0.25, 0.3) is 0 Å². The number of aromatic nitrogens is 4. The molecule has 0 atom stereocenters. The summed E-state index contributed by atoms with van der Waals surface area (Å²) < 4.78 is 0. The molecule has 1 aromatic carbocycles. The van der Waals surface area contributed by atoms with Crippen LogP contribution in [0.3, 0.4) is 0 Å². The molecule has 2 aliphatic heterocycles. The number of hydrogen-bond donors (Lipinski definition) is 2. The number of benzene rings is 1. The third-order valence-corrected chi connectivity index (χ3v) is 7.01. The van der Waals surface area contributed by atoms with E-state index in [-0.39, 0.29) is 23.7 Å². The van der Waals surface area contributed by atoms with Crippen molar-refractivity contribution in [2.75, 3.05) is 31.9 Å². The lowest BCUT2D eigenvalue weighted by molar-refractivity contribution is -0.138. The Morgan fingerprint density at radius 2 is 1.56 bits per heavy atom. The molecule has 0 radical (unpaired) electrons. The molecule has 1 amide bonds. The standard InChI is InChI=1S/C25H30N8O/c26-23(22-15-28-20-3-1-2-4-21(20)31-22)18-7-11-33(12-8-18)24(34)19-5-9-32(10-6-19)16-17-13-29-25(27)30-14-17/h1-4,13-15,18-19,26H,5-12,16H2,(H2,27,29,30). The maximum atomic E-state index is 13.1. The highest BCUT2D eigenvalue weighted by atomic mass is 16.2. The predicted octanol–water partition coefficient (Wildman–Crippen LogP) is 2.52. The van der Waals surface area contributed by atoms with E-state index in [9.17, 15) is 4.79 Å². The third kappa shape index (κ3) is 4.89. The summed E-state index contributed by atoms with van der Waals surface area (Å²) in [6.45, 7) is 3.98. The van der Waals surface area contributed by atoms with Crippen LogP contribution in [0.1, 0.15) is 36.9 Å². The molecule has 0 saturated carbocycles. The smallest absolute Gasteiger partial charge is 0.225 e. The van der Waals surface area contributed by atoms with Crippen LogP contribution in [-0.4, -0.2) is 67.5 Å². The molecule has 176 valence electrons. The monoisotopic (exact) mass is 458 g/mol. The molecule has 34 heavy (non-hydrogen) atoms. The number of piperidine rings is 2. The summed E-state index contributed by atoms with van der Waals surface area (Å²) in [5.74, 6) is 0.757. The van der Waals surface area contributed by atoms with Gasteiger partial charge in [-0.05, 0) is 50.9 Å². The zero-order valence-electron chi connectivity index (χ0n) is 19.2. The molecule has 2 aromatic heterocycles. The van der Waals surface area contributed by atoms with Gasteiger partial charge < -0.3 is 16.0 Å². The number of amides is 1. The molecule has 4 heterocycles. The number of para-hydroxylation sites is 2. The Morgan fingerprint density at radius 3 is 2.26 bits per heavy atom. The van der Waals surface area contributed by atoms with Gasteiger partial charge in [-0.3, -0.25) is 14.7 Å². The number of carbonyl (C=O) groups excluding carboxylic acids is 1. The van der Waals surface area contributed by atoms with Crippen molar-refractivity contribution in [3.63, 3.8) is 0 Å². The average molecular weight is 459 g/mol. The van der Waals surface area contributed by atoms with Crippen LogP contribution in [0.2, 0.25) is 0 Å². The van der Waals surface area contributed by atoms with Crippen molar-refractivity contribution in [1.82, 2.24) is 29.7 Å². The number of anilines is 1. The highest BCUT2D eigenvalue weighted by molar-refractivity contribution is 5.99. The topological polar surface area (TPSA) is 125 Å². The number of nitrogens with two attached hydrogens (primary N) is 1. The molecule has 2 aliphatic rings. The Morgan fingerprint density at radius 1 is 0.912 bits per heavy atom. The zero-order valence-corrected chi connectivity index (χ0v) is 19.2. The van der Waals surface area contributed by atoms with E-state index >= 15 is 0 Å². The minimum Gasteiger partial charge on any atom is -0.368 e. The molecule has 3 N–H and O–H groups in total. The van der Waals surface area contributed by atoms with E-state index in [1.165, 1.54) is 0 Å².